The topological polar surface area (TPSA) is 92.0 Å². The van der Waals surface area contributed by atoms with E-state index in [4.69, 9.17) is 15.5 Å². The van der Waals surface area contributed by atoms with Crippen molar-refractivity contribution in [3.63, 3.8) is 0 Å². The van der Waals surface area contributed by atoms with Crippen LogP contribution in [-0.4, -0.2) is 49.6 Å². The average molecular weight is 426 g/mol. The van der Waals surface area contributed by atoms with Crippen LogP contribution in [0.15, 0.2) is 59.6 Å². The highest BCUT2D eigenvalue weighted by Gasteiger charge is 2.18. The van der Waals surface area contributed by atoms with Crippen LogP contribution in [0, 0.1) is 0 Å². The van der Waals surface area contributed by atoms with E-state index in [1.54, 1.807) is 6.07 Å². The molecule has 2 aromatic rings. The van der Waals surface area contributed by atoms with Crippen molar-refractivity contribution in [2.45, 2.75) is 33.4 Å². The van der Waals surface area contributed by atoms with E-state index in [0.717, 1.165) is 37.7 Å². The molecule has 7 heteroatoms. The van der Waals surface area contributed by atoms with Crippen molar-refractivity contribution in [3.8, 4) is 5.75 Å². The molecule has 168 valence electrons. The second-order valence-corrected chi connectivity index (χ2v) is 7.13. The van der Waals surface area contributed by atoms with Crippen LogP contribution in [0.3, 0.4) is 0 Å². The Balaban J connectivity index is 2.07. The van der Waals surface area contributed by atoms with Gasteiger partial charge in [0.1, 0.15) is 5.75 Å². The van der Waals surface area contributed by atoms with Crippen LogP contribution in [0.25, 0.3) is 0 Å². The Kier molecular flexibility index (Phi) is 10.4. The SMILES string of the molecule is CCNC(=NCc1cccc(OCC(N)=O)c1)NCC(c1ccccc1)N(CC)CC. The molecule has 0 fully saturated rings. The molecule has 0 aromatic heterocycles. The minimum absolute atomic E-state index is 0.136. The third-order valence-corrected chi connectivity index (χ3v) is 4.94. The van der Waals surface area contributed by atoms with Gasteiger partial charge in [-0.2, -0.15) is 0 Å². The molecule has 0 radical (unpaired) electrons. The third-order valence-electron chi connectivity index (χ3n) is 4.94. The first-order valence-electron chi connectivity index (χ1n) is 10.9. The molecular weight excluding hydrogens is 390 g/mol. The Labute approximate surface area is 185 Å². The number of carbonyl (C=O) groups excluding carboxylic acids is 1. The van der Waals surface area contributed by atoms with Crippen molar-refractivity contribution in [1.82, 2.24) is 15.5 Å². The molecule has 0 heterocycles. The van der Waals surface area contributed by atoms with Crippen LogP contribution >= 0.6 is 0 Å². The Morgan fingerprint density at radius 2 is 1.81 bits per heavy atom. The number of guanidine groups is 1. The zero-order chi connectivity index (χ0) is 22.5. The van der Waals surface area contributed by atoms with Gasteiger partial charge in [0, 0.05) is 13.1 Å². The predicted octanol–water partition coefficient (Wildman–Crippen LogP) is 2.69. The Morgan fingerprint density at radius 1 is 1.06 bits per heavy atom. The summed E-state index contributed by atoms with van der Waals surface area (Å²) >= 11 is 0. The number of likely N-dealkylation sites (N-methyl/N-ethyl adjacent to an activating group) is 1. The van der Waals surface area contributed by atoms with Gasteiger partial charge in [-0.1, -0.05) is 56.3 Å². The van der Waals surface area contributed by atoms with Crippen molar-refractivity contribution >= 4 is 11.9 Å². The van der Waals surface area contributed by atoms with Gasteiger partial charge in [0.05, 0.1) is 12.6 Å². The number of aliphatic imine (C=N–C) groups is 1. The smallest absolute Gasteiger partial charge is 0.255 e. The quantitative estimate of drug-likeness (QED) is 0.359. The number of ether oxygens (including phenoxy) is 1. The minimum Gasteiger partial charge on any atom is -0.484 e. The Hall–Kier alpha value is -3.06. The van der Waals surface area contributed by atoms with E-state index in [1.165, 1.54) is 5.56 Å². The molecule has 7 nitrogen and oxygen atoms in total. The maximum absolute atomic E-state index is 10.9. The summed E-state index contributed by atoms with van der Waals surface area (Å²) in [5, 5.41) is 6.82. The predicted molar refractivity (Wildman–Crippen MR) is 126 cm³/mol. The van der Waals surface area contributed by atoms with Gasteiger partial charge in [0.15, 0.2) is 12.6 Å². The van der Waals surface area contributed by atoms with Crippen molar-refractivity contribution < 1.29 is 9.53 Å². The van der Waals surface area contributed by atoms with Crippen LogP contribution in [0.5, 0.6) is 5.75 Å². The average Bonchev–Trinajstić information content (AvgIpc) is 2.79. The fourth-order valence-corrected chi connectivity index (χ4v) is 3.39. The highest BCUT2D eigenvalue weighted by Crippen LogP contribution is 2.19. The summed E-state index contributed by atoms with van der Waals surface area (Å²) in [4.78, 5) is 18.1. The maximum atomic E-state index is 10.9. The molecule has 0 aliphatic rings. The number of primary amides is 1. The number of hydrogen-bond donors (Lipinski definition) is 3. The number of nitrogens with two attached hydrogens (primary N) is 1. The molecule has 2 aromatic carbocycles. The largest absolute Gasteiger partial charge is 0.484 e. The molecule has 2 rings (SSSR count). The normalized spacial score (nSPS) is 12.5. The molecule has 31 heavy (non-hydrogen) atoms. The van der Waals surface area contributed by atoms with E-state index >= 15 is 0 Å². The summed E-state index contributed by atoms with van der Waals surface area (Å²) in [5.41, 5.74) is 7.42. The summed E-state index contributed by atoms with van der Waals surface area (Å²) in [6.45, 7) is 10.3. The number of carbonyl (C=O) groups is 1. The molecule has 1 atom stereocenters. The van der Waals surface area contributed by atoms with E-state index in [0.29, 0.717) is 12.3 Å². The van der Waals surface area contributed by atoms with Crippen molar-refractivity contribution in [2.75, 3.05) is 32.8 Å². The van der Waals surface area contributed by atoms with Gasteiger partial charge in [0.2, 0.25) is 0 Å². The fraction of sp³-hybridized carbons (Fsp3) is 0.417. The van der Waals surface area contributed by atoms with Gasteiger partial charge in [-0.25, -0.2) is 4.99 Å². The lowest BCUT2D eigenvalue weighted by Gasteiger charge is -2.30. The molecule has 0 bridgehead atoms. The van der Waals surface area contributed by atoms with Crippen molar-refractivity contribution in [3.05, 3.63) is 65.7 Å². The van der Waals surface area contributed by atoms with E-state index < -0.39 is 5.91 Å². The van der Waals surface area contributed by atoms with Gasteiger partial charge in [-0.05, 0) is 43.3 Å². The molecular formula is C24H35N5O2. The maximum Gasteiger partial charge on any atom is 0.255 e. The number of benzene rings is 2. The molecule has 0 aliphatic heterocycles. The van der Waals surface area contributed by atoms with Crippen molar-refractivity contribution in [1.29, 1.82) is 0 Å². The lowest BCUT2D eigenvalue weighted by atomic mass is 10.1. The zero-order valence-electron chi connectivity index (χ0n) is 18.8. The Morgan fingerprint density at radius 3 is 2.45 bits per heavy atom. The van der Waals surface area contributed by atoms with Gasteiger partial charge in [-0.15, -0.1) is 0 Å². The summed E-state index contributed by atoms with van der Waals surface area (Å²) in [7, 11) is 0. The van der Waals surface area contributed by atoms with Crippen molar-refractivity contribution in [2.24, 2.45) is 10.7 Å². The number of rotatable bonds is 12. The van der Waals surface area contributed by atoms with Crippen LogP contribution in [-0.2, 0) is 11.3 Å². The standard InChI is InChI=1S/C24H35N5O2/c1-4-26-24(27-16-19-11-10-14-21(15-19)31-18-23(25)30)28-17-22(29(5-2)6-3)20-12-8-7-9-13-20/h7-15,22H,4-6,16-18H2,1-3H3,(H2,25,30)(H2,26,27,28). The molecule has 1 unspecified atom stereocenters. The van der Waals surface area contributed by atoms with Gasteiger partial charge in [-0.3, -0.25) is 9.69 Å². The van der Waals surface area contributed by atoms with Crippen LogP contribution < -0.4 is 21.1 Å². The second kappa shape index (κ2) is 13.3. The van der Waals surface area contributed by atoms with Crippen LogP contribution in [0.2, 0.25) is 0 Å². The van der Waals surface area contributed by atoms with Crippen LogP contribution in [0.4, 0.5) is 0 Å². The first kappa shape index (κ1) is 24.2. The van der Waals surface area contributed by atoms with Gasteiger partial charge in [0.25, 0.3) is 5.91 Å². The highest BCUT2D eigenvalue weighted by molar-refractivity contribution is 5.79. The summed E-state index contributed by atoms with van der Waals surface area (Å²) in [5.74, 6) is 0.873. The second-order valence-electron chi connectivity index (χ2n) is 7.13. The number of nitrogens with zero attached hydrogens (tertiary/aromatic N) is 2. The number of amides is 1. The first-order valence-corrected chi connectivity index (χ1v) is 10.9. The van der Waals surface area contributed by atoms with Gasteiger partial charge >= 0.3 is 0 Å². The molecule has 0 saturated carbocycles. The summed E-state index contributed by atoms with van der Waals surface area (Å²) in [6, 6.07) is 18.3. The third kappa shape index (κ3) is 8.30. The lowest BCUT2D eigenvalue weighted by Crippen LogP contribution is -2.43. The highest BCUT2D eigenvalue weighted by atomic mass is 16.5. The monoisotopic (exact) mass is 425 g/mol. The minimum atomic E-state index is -0.497. The number of hydrogen-bond acceptors (Lipinski definition) is 4. The fourth-order valence-electron chi connectivity index (χ4n) is 3.39. The Bertz CT molecular complexity index is 822. The van der Waals surface area contributed by atoms with E-state index in [1.807, 2.05) is 24.3 Å². The summed E-state index contributed by atoms with van der Waals surface area (Å²) in [6.07, 6.45) is 0. The van der Waals surface area contributed by atoms with Crippen LogP contribution in [0.1, 0.15) is 37.9 Å². The molecule has 4 N–H and O–H groups in total. The lowest BCUT2D eigenvalue weighted by molar-refractivity contribution is -0.119. The molecule has 0 aliphatic carbocycles. The molecule has 0 spiro atoms. The first-order chi connectivity index (χ1) is 15.1. The van der Waals surface area contributed by atoms with E-state index in [9.17, 15) is 4.79 Å². The summed E-state index contributed by atoms with van der Waals surface area (Å²) < 4.78 is 5.38. The van der Waals surface area contributed by atoms with E-state index in [-0.39, 0.29) is 12.6 Å². The van der Waals surface area contributed by atoms with Gasteiger partial charge < -0.3 is 21.1 Å². The number of nitrogens with one attached hydrogen (secondary N) is 2. The molecule has 1 amide bonds. The zero-order valence-corrected chi connectivity index (χ0v) is 18.8. The van der Waals surface area contributed by atoms with E-state index in [2.05, 4.69) is 60.6 Å². The molecule has 0 saturated heterocycles.